The van der Waals surface area contributed by atoms with E-state index in [0.717, 1.165) is 50.0 Å². The summed E-state index contributed by atoms with van der Waals surface area (Å²) >= 11 is 1.45. The minimum absolute atomic E-state index is 0.0140. The van der Waals surface area contributed by atoms with Crippen LogP contribution in [-0.2, 0) is 16.0 Å². The van der Waals surface area contributed by atoms with Gasteiger partial charge in [-0.2, -0.15) is 0 Å². The molecule has 1 saturated carbocycles. The van der Waals surface area contributed by atoms with Crippen molar-refractivity contribution in [1.82, 2.24) is 20.5 Å². The van der Waals surface area contributed by atoms with Gasteiger partial charge in [0.15, 0.2) is 0 Å². The Morgan fingerprint density at radius 1 is 1.03 bits per heavy atom. The molecule has 2 heterocycles. The molecular weight excluding hydrogens is 496 g/mol. The van der Waals surface area contributed by atoms with Crippen molar-refractivity contribution in [3.8, 4) is 0 Å². The van der Waals surface area contributed by atoms with Crippen LogP contribution < -0.4 is 10.6 Å². The second-order valence-corrected chi connectivity index (χ2v) is 12.2. The smallest absolute Gasteiger partial charge is 0.246 e. The normalized spacial score (nSPS) is 19.9. The van der Waals surface area contributed by atoms with Crippen molar-refractivity contribution in [2.45, 2.75) is 90.3 Å². The van der Waals surface area contributed by atoms with Crippen molar-refractivity contribution >= 4 is 28.9 Å². The van der Waals surface area contributed by atoms with Gasteiger partial charge < -0.3 is 15.5 Å². The third-order valence-corrected chi connectivity index (χ3v) is 8.89. The molecule has 1 aromatic heterocycles. The average Bonchev–Trinajstić information content (AvgIpc) is 3.61. The standard InChI is InChI=1S/C30H42N4O3S/c1-19(2)17-21-12-14-23(15-13-21)27(35)24-18-38-29(32-24)25-11-8-16-34(25)30(37)26(22-9-6-5-7-10-22)33-28(36)20(3)31-4/h12-15,18-20,22,25-26,31H,5-11,16-17H2,1-4H3,(H,33,36). The summed E-state index contributed by atoms with van der Waals surface area (Å²) in [5.74, 6) is 0.464. The lowest BCUT2D eigenvalue weighted by Gasteiger charge is -2.35. The largest absolute Gasteiger partial charge is 0.343 e. The van der Waals surface area contributed by atoms with E-state index in [-0.39, 0.29) is 35.6 Å². The average molecular weight is 539 g/mol. The zero-order chi connectivity index (χ0) is 27.2. The second-order valence-electron chi connectivity index (χ2n) is 11.3. The highest BCUT2D eigenvalue weighted by atomic mass is 32.1. The van der Waals surface area contributed by atoms with Crippen LogP contribution in [-0.4, -0.2) is 53.2 Å². The first-order chi connectivity index (χ1) is 18.3. The number of aromatic nitrogens is 1. The molecule has 1 aromatic carbocycles. The molecule has 7 nitrogen and oxygen atoms in total. The van der Waals surface area contributed by atoms with E-state index in [0.29, 0.717) is 23.7 Å². The maximum absolute atomic E-state index is 13.9. The Kier molecular flexibility index (Phi) is 9.71. The van der Waals surface area contributed by atoms with Crippen LogP contribution in [0.3, 0.4) is 0 Å². The SMILES string of the molecule is CNC(C)C(=O)NC(C(=O)N1CCCC1c1nc(C(=O)c2ccc(CC(C)C)cc2)cs1)C1CCCCC1. The topological polar surface area (TPSA) is 91.4 Å². The molecule has 3 unspecified atom stereocenters. The van der Waals surface area contributed by atoms with Gasteiger partial charge in [0.25, 0.3) is 0 Å². The number of nitrogens with zero attached hydrogens (tertiary/aromatic N) is 2. The van der Waals surface area contributed by atoms with E-state index in [1.165, 1.54) is 23.3 Å². The number of rotatable bonds is 10. The quantitative estimate of drug-likeness (QED) is 0.420. The zero-order valence-electron chi connectivity index (χ0n) is 23.2. The second kappa shape index (κ2) is 13.0. The molecule has 2 aromatic rings. The van der Waals surface area contributed by atoms with Crippen LogP contribution in [0.25, 0.3) is 0 Å². The highest BCUT2D eigenvalue weighted by molar-refractivity contribution is 7.10. The van der Waals surface area contributed by atoms with Gasteiger partial charge in [0.05, 0.1) is 12.1 Å². The minimum Gasteiger partial charge on any atom is -0.343 e. The number of hydrogen-bond donors (Lipinski definition) is 2. The van der Waals surface area contributed by atoms with Crippen LogP contribution in [0.15, 0.2) is 29.6 Å². The molecule has 1 aliphatic heterocycles. The molecule has 0 radical (unpaired) electrons. The van der Waals surface area contributed by atoms with E-state index >= 15 is 0 Å². The molecule has 2 amide bonds. The Labute approximate surface area is 230 Å². The molecule has 2 fully saturated rings. The van der Waals surface area contributed by atoms with Crippen molar-refractivity contribution in [1.29, 1.82) is 0 Å². The van der Waals surface area contributed by atoms with Gasteiger partial charge in [0, 0.05) is 17.5 Å². The molecule has 38 heavy (non-hydrogen) atoms. The van der Waals surface area contributed by atoms with Crippen molar-refractivity contribution < 1.29 is 14.4 Å². The van der Waals surface area contributed by atoms with Gasteiger partial charge in [-0.05, 0) is 63.5 Å². The summed E-state index contributed by atoms with van der Waals surface area (Å²) in [5.41, 5.74) is 2.28. The van der Waals surface area contributed by atoms with Crippen LogP contribution in [0, 0.1) is 11.8 Å². The van der Waals surface area contributed by atoms with Crippen LogP contribution in [0.1, 0.15) is 98.4 Å². The summed E-state index contributed by atoms with van der Waals surface area (Å²) in [4.78, 5) is 46.5. The Balaban J connectivity index is 1.50. The summed E-state index contributed by atoms with van der Waals surface area (Å²) < 4.78 is 0. The molecule has 0 spiro atoms. The van der Waals surface area contributed by atoms with Crippen molar-refractivity contribution in [3.05, 3.63) is 51.5 Å². The first-order valence-corrected chi connectivity index (χ1v) is 15.0. The number of benzene rings is 1. The Morgan fingerprint density at radius 3 is 2.39 bits per heavy atom. The molecule has 1 aliphatic carbocycles. The Morgan fingerprint density at radius 2 is 1.74 bits per heavy atom. The number of carbonyl (C=O) groups excluding carboxylic acids is 3. The van der Waals surface area contributed by atoms with Crippen molar-refractivity contribution in [3.63, 3.8) is 0 Å². The van der Waals surface area contributed by atoms with Gasteiger partial charge in [-0.3, -0.25) is 14.4 Å². The van der Waals surface area contributed by atoms with Gasteiger partial charge in [-0.25, -0.2) is 4.98 Å². The first-order valence-electron chi connectivity index (χ1n) is 14.2. The monoisotopic (exact) mass is 538 g/mol. The predicted molar refractivity (Wildman–Crippen MR) is 151 cm³/mol. The number of likely N-dealkylation sites (tertiary alicyclic amines) is 1. The maximum Gasteiger partial charge on any atom is 0.246 e. The van der Waals surface area contributed by atoms with E-state index in [9.17, 15) is 14.4 Å². The summed E-state index contributed by atoms with van der Waals surface area (Å²) in [5, 5.41) is 8.67. The minimum atomic E-state index is -0.524. The fourth-order valence-corrected chi connectivity index (χ4v) is 6.63. The lowest BCUT2D eigenvalue weighted by Crippen LogP contribution is -2.55. The Hall–Kier alpha value is -2.58. The first kappa shape index (κ1) is 28.4. The lowest BCUT2D eigenvalue weighted by molar-refractivity contribution is -0.139. The fraction of sp³-hybridized carbons (Fsp3) is 0.600. The van der Waals surface area contributed by atoms with E-state index in [4.69, 9.17) is 4.98 Å². The Bertz CT molecular complexity index is 1110. The molecule has 206 valence electrons. The van der Waals surface area contributed by atoms with Crippen LogP contribution in [0.5, 0.6) is 0 Å². The van der Waals surface area contributed by atoms with Gasteiger partial charge in [0.2, 0.25) is 17.6 Å². The molecule has 3 atom stereocenters. The van der Waals surface area contributed by atoms with E-state index in [2.05, 4.69) is 24.5 Å². The van der Waals surface area contributed by atoms with Crippen molar-refractivity contribution in [2.75, 3.05) is 13.6 Å². The predicted octanol–water partition coefficient (Wildman–Crippen LogP) is 4.91. The highest BCUT2D eigenvalue weighted by Gasteiger charge is 2.40. The molecule has 0 bridgehead atoms. The number of hydrogen-bond acceptors (Lipinski definition) is 6. The van der Waals surface area contributed by atoms with Gasteiger partial charge in [-0.15, -0.1) is 11.3 Å². The number of ketones is 1. The molecule has 2 aliphatic rings. The zero-order valence-corrected chi connectivity index (χ0v) is 24.0. The summed E-state index contributed by atoms with van der Waals surface area (Å²) in [6.45, 7) is 6.81. The third-order valence-electron chi connectivity index (χ3n) is 7.95. The van der Waals surface area contributed by atoms with Gasteiger partial charge >= 0.3 is 0 Å². The molecule has 4 rings (SSSR count). The summed E-state index contributed by atoms with van der Waals surface area (Å²) in [6.07, 6.45) is 7.95. The lowest BCUT2D eigenvalue weighted by atomic mass is 9.83. The summed E-state index contributed by atoms with van der Waals surface area (Å²) in [6, 6.07) is 6.76. The highest BCUT2D eigenvalue weighted by Crippen LogP contribution is 2.36. The van der Waals surface area contributed by atoms with E-state index < -0.39 is 6.04 Å². The van der Waals surface area contributed by atoms with Crippen molar-refractivity contribution in [2.24, 2.45) is 11.8 Å². The number of thiazole rings is 1. The fourth-order valence-electron chi connectivity index (χ4n) is 5.68. The van der Waals surface area contributed by atoms with Gasteiger partial charge in [0.1, 0.15) is 16.7 Å². The molecule has 8 heteroatoms. The summed E-state index contributed by atoms with van der Waals surface area (Å²) in [7, 11) is 1.75. The van der Waals surface area contributed by atoms with E-state index in [1.807, 2.05) is 41.5 Å². The van der Waals surface area contributed by atoms with E-state index in [1.54, 1.807) is 7.05 Å². The molecular formula is C30H42N4O3S. The van der Waals surface area contributed by atoms with Gasteiger partial charge in [-0.1, -0.05) is 57.4 Å². The number of nitrogens with one attached hydrogen (secondary N) is 2. The number of amides is 2. The van der Waals surface area contributed by atoms with Crippen LogP contribution >= 0.6 is 11.3 Å². The number of carbonyl (C=O) groups is 3. The number of likely N-dealkylation sites (N-methyl/N-ethyl adjacent to an activating group) is 1. The third kappa shape index (κ3) is 6.70. The van der Waals surface area contributed by atoms with Crippen LogP contribution in [0.2, 0.25) is 0 Å². The molecule has 2 N–H and O–H groups in total. The maximum atomic E-state index is 13.9. The molecule has 1 saturated heterocycles. The van der Waals surface area contributed by atoms with Crippen LogP contribution in [0.4, 0.5) is 0 Å².